The molecular weight excluding hydrogens is 302 g/mol. The number of anilines is 1. The molecule has 0 fully saturated rings. The van der Waals surface area contributed by atoms with E-state index in [2.05, 4.69) is 0 Å². The molecule has 0 saturated heterocycles. The van der Waals surface area contributed by atoms with E-state index >= 15 is 0 Å². The van der Waals surface area contributed by atoms with Crippen LogP contribution in [-0.2, 0) is 10.0 Å². The molecule has 2 rings (SSSR count). The summed E-state index contributed by atoms with van der Waals surface area (Å²) in [7, 11) is -3.80. The van der Waals surface area contributed by atoms with Crippen LogP contribution in [0.3, 0.4) is 0 Å². The predicted molar refractivity (Wildman–Crippen MR) is 84.5 cm³/mol. The normalized spacial score (nSPS) is 11.2. The summed E-state index contributed by atoms with van der Waals surface area (Å²) in [6.45, 7) is 1.09. The van der Waals surface area contributed by atoms with Crippen LogP contribution >= 0.6 is 0 Å². The van der Waals surface area contributed by atoms with Crippen molar-refractivity contribution in [2.75, 3.05) is 17.5 Å². The Labute approximate surface area is 129 Å². The van der Waals surface area contributed by atoms with E-state index in [0.29, 0.717) is 11.3 Å². The lowest BCUT2D eigenvalue weighted by atomic mass is 10.2. The van der Waals surface area contributed by atoms with Gasteiger partial charge < -0.3 is 5.11 Å². The molecule has 0 aromatic heterocycles. The Balaban J connectivity index is 2.43. The van der Waals surface area contributed by atoms with E-state index in [4.69, 9.17) is 0 Å². The summed E-state index contributed by atoms with van der Waals surface area (Å²) >= 11 is 0. The quantitative estimate of drug-likeness (QED) is 0.827. The molecule has 0 unspecified atom stereocenters. The average molecular weight is 319 g/mol. The van der Waals surface area contributed by atoms with Gasteiger partial charge in [-0.25, -0.2) is 8.42 Å². The van der Waals surface area contributed by atoms with Crippen molar-refractivity contribution in [3.8, 4) is 0 Å². The Hall–Kier alpha value is -2.18. The van der Waals surface area contributed by atoms with Crippen LogP contribution in [0.25, 0.3) is 0 Å². The maximum atomic E-state index is 12.7. The van der Waals surface area contributed by atoms with E-state index in [9.17, 15) is 18.3 Å². The lowest BCUT2D eigenvalue weighted by Crippen LogP contribution is -2.33. The van der Waals surface area contributed by atoms with Crippen molar-refractivity contribution in [3.63, 3.8) is 0 Å². The van der Waals surface area contributed by atoms with Crippen molar-refractivity contribution >= 4 is 21.5 Å². The summed E-state index contributed by atoms with van der Waals surface area (Å²) in [5.74, 6) is -0.126. The maximum Gasteiger partial charge on any atom is 0.264 e. The minimum atomic E-state index is -3.80. The lowest BCUT2D eigenvalue weighted by molar-refractivity contribution is 0.101. The number of carbonyl (C=O) groups is 1. The summed E-state index contributed by atoms with van der Waals surface area (Å²) in [6.07, 6.45) is 0. The molecule has 2 aromatic carbocycles. The number of aliphatic hydroxyl groups excluding tert-OH is 1. The summed E-state index contributed by atoms with van der Waals surface area (Å²) in [5, 5.41) is 9.17. The van der Waals surface area contributed by atoms with Crippen molar-refractivity contribution in [1.82, 2.24) is 0 Å². The molecule has 0 heterocycles. The van der Waals surface area contributed by atoms with Gasteiger partial charge in [0.2, 0.25) is 0 Å². The lowest BCUT2D eigenvalue weighted by Gasteiger charge is -2.23. The molecule has 0 radical (unpaired) electrons. The van der Waals surface area contributed by atoms with Gasteiger partial charge >= 0.3 is 0 Å². The van der Waals surface area contributed by atoms with Gasteiger partial charge in [-0.2, -0.15) is 0 Å². The maximum absolute atomic E-state index is 12.7. The van der Waals surface area contributed by atoms with Gasteiger partial charge in [-0.3, -0.25) is 9.10 Å². The van der Waals surface area contributed by atoms with Crippen LogP contribution in [0.5, 0.6) is 0 Å². The van der Waals surface area contributed by atoms with Crippen LogP contribution in [0, 0.1) is 0 Å². The molecule has 22 heavy (non-hydrogen) atoms. The zero-order valence-corrected chi connectivity index (χ0v) is 13.0. The highest BCUT2D eigenvalue weighted by atomic mass is 32.2. The third-order valence-electron chi connectivity index (χ3n) is 3.20. The number of para-hydroxylation sites is 1. The van der Waals surface area contributed by atoms with Crippen molar-refractivity contribution in [3.05, 3.63) is 60.2 Å². The molecule has 0 saturated carbocycles. The molecule has 0 amide bonds. The number of nitrogens with zero attached hydrogens (tertiary/aromatic N) is 1. The van der Waals surface area contributed by atoms with Crippen LogP contribution in [0.1, 0.15) is 17.3 Å². The highest BCUT2D eigenvalue weighted by Crippen LogP contribution is 2.23. The molecule has 5 nitrogen and oxygen atoms in total. The van der Waals surface area contributed by atoms with E-state index in [1.54, 1.807) is 30.3 Å². The van der Waals surface area contributed by atoms with Gasteiger partial charge in [-0.15, -0.1) is 0 Å². The molecule has 0 aliphatic rings. The van der Waals surface area contributed by atoms with Crippen LogP contribution in [0.4, 0.5) is 5.69 Å². The van der Waals surface area contributed by atoms with Gasteiger partial charge in [0.15, 0.2) is 5.78 Å². The van der Waals surface area contributed by atoms with E-state index in [1.807, 2.05) is 0 Å². The molecule has 0 atom stereocenters. The van der Waals surface area contributed by atoms with E-state index in [-0.39, 0.29) is 23.8 Å². The fourth-order valence-electron chi connectivity index (χ4n) is 2.06. The molecule has 2 aromatic rings. The number of benzene rings is 2. The fourth-order valence-corrected chi connectivity index (χ4v) is 3.52. The topological polar surface area (TPSA) is 74.7 Å². The molecule has 116 valence electrons. The van der Waals surface area contributed by atoms with Crippen LogP contribution < -0.4 is 4.31 Å². The first-order chi connectivity index (χ1) is 10.5. The summed E-state index contributed by atoms with van der Waals surface area (Å²) < 4.78 is 26.6. The number of hydrogen-bond donors (Lipinski definition) is 1. The molecule has 0 aliphatic heterocycles. The first-order valence-corrected chi connectivity index (χ1v) is 8.20. The minimum Gasteiger partial charge on any atom is -0.394 e. The molecule has 0 aliphatic carbocycles. The second kappa shape index (κ2) is 6.72. The van der Waals surface area contributed by atoms with Crippen molar-refractivity contribution in [2.45, 2.75) is 11.8 Å². The number of carbonyl (C=O) groups excluding carboxylic acids is 1. The predicted octanol–water partition coefficient (Wildman–Crippen LogP) is 2.08. The Morgan fingerprint density at radius 2 is 1.64 bits per heavy atom. The summed E-state index contributed by atoms with van der Waals surface area (Å²) in [4.78, 5) is 11.3. The standard InChI is InChI=1S/C16H17NO4S/c1-13(19)14-7-9-16(10-8-14)22(20,21)17(11-12-18)15-5-3-2-4-6-15/h2-10,18H,11-12H2,1H3. The first-order valence-electron chi connectivity index (χ1n) is 6.76. The van der Waals surface area contributed by atoms with Gasteiger partial charge in [0.25, 0.3) is 10.0 Å². The van der Waals surface area contributed by atoms with Crippen LogP contribution in [0.2, 0.25) is 0 Å². The summed E-state index contributed by atoms with van der Waals surface area (Å²) in [5.41, 5.74) is 0.930. The van der Waals surface area contributed by atoms with Crippen molar-refractivity contribution in [1.29, 1.82) is 0 Å². The van der Waals surface area contributed by atoms with E-state index < -0.39 is 10.0 Å². The number of rotatable bonds is 6. The number of sulfonamides is 1. The van der Waals surface area contributed by atoms with Crippen molar-refractivity contribution < 1.29 is 18.3 Å². The number of aliphatic hydroxyl groups is 1. The van der Waals surface area contributed by atoms with Gasteiger partial charge in [-0.05, 0) is 31.2 Å². The second-order valence-corrected chi connectivity index (χ2v) is 6.58. The average Bonchev–Trinajstić information content (AvgIpc) is 2.53. The van der Waals surface area contributed by atoms with E-state index in [1.165, 1.54) is 31.2 Å². The largest absolute Gasteiger partial charge is 0.394 e. The molecule has 6 heteroatoms. The van der Waals surface area contributed by atoms with Gasteiger partial charge in [0.1, 0.15) is 0 Å². The Bertz CT molecular complexity index is 739. The zero-order chi connectivity index (χ0) is 16.2. The number of Topliss-reactive ketones (excluding diaryl/α,β-unsaturated/α-hetero) is 1. The summed E-state index contributed by atoms with van der Waals surface area (Å²) in [6, 6.07) is 14.3. The van der Waals surface area contributed by atoms with Gasteiger partial charge in [0.05, 0.1) is 23.7 Å². The monoisotopic (exact) mass is 319 g/mol. The minimum absolute atomic E-state index is 0.0409. The van der Waals surface area contributed by atoms with Gasteiger partial charge in [0, 0.05) is 5.56 Å². The Kier molecular flexibility index (Phi) is 4.95. The van der Waals surface area contributed by atoms with Crippen LogP contribution in [-0.4, -0.2) is 32.5 Å². The second-order valence-electron chi connectivity index (χ2n) is 4.72. The molecule has 0 bridgehead atoms. The zero-order valence-electron chi connectivity index (χ0n) is 12.1. The highest BCUT2D eigenvalue weighted by Gasteiger charge is 2.24. The first kappa shape index (κ1) is 16.2. The van der Waals surface area contributed by atoms with Crippen LogP contribution in [0.15, 0.2) is 59.5 Å². The molecule has 0 spiro atoms. The Morgan fingerprint density at radius 1 is 1.05 bits per heavy atom. The molecule has 1 N–H and O–H groups in total. The molecular formula is C16H17NO4S. The van der Waals surface area contributed by atoms with E-state index in [0.717, 1.165) is 4.31 Å². The fraction of sp³-hybridized carbons (Fsp3) is 0.188. The van der Waals surface area contributed by atoms with Crippen molar-refractivity contribution in [2.24, 2.45) is 0 Å². The third kappa shape index (κ3) is 3.35. The number of hydrogen-bond acceptors (Lipinski definition) is 4. The highest BCUT2D eigenvalue weighted by molar-refractivity contribution is 7.92. The Morgan fingerprint density at radius 3 is 2.14 bits per heavy atom. The third-order valence-corrected chi connectivity index (χ3v) is 5.04. The number of ketones is 1. The SMILES string of the molecule is CC(=O)c1ccc(S(=O)(=O)N(CCO)c2ccccc2)cc1. The smallest absolute Gasteiger partial charge is 0.264 e. The van der Waals surface area contributed by atoms with Gasteiger partial charge in [-0.1, -0.05) is 30.3 Å².